The number of hydrogen-bond donors (Lipinski definition) is 1. The number of halogens is 2. The van der Waals surface area contributed by atoms with E-state index in [1.807, 2.05) is 0 Å². The molecule has 2 aromatic rings. The molecule has 4 nitrogen and oxygen atoms in total. The van der Waals surface area contributed by atoms with Gasteiger partial charge in [0.05, 0.1) is 10.9 Å². The Bertz CT molecular complexity index is 581. The standard InChI is InChI=1S/C13H13ClFN3O/c14-11-6-9(15)3-4-10(11)12-17-13(19-18-12)8-2-1-5-16-7-8/h3-4,6,8,16H,1-2,5,7H2/t8-/m1/s1. The van der Waals surface area contributed by atoms with Gasteiger partial charge >= 0.3 is 0 Å². The van der Waals surface area contributed by atoms with Gasteiger partial charge in [-0.15, -0.1) is 0 Å². The lowest BCUT2D eigenvalue weighted by atomic mass is 10.00. The van der Waals surface area contributed by atoms with Crippen LogP contribution in [0.3, 0.4) is 0 Å². The van der Waals surface area contributed by atoms with Crippen LogP contribution in [0, 0.1) is 5.82 Å². The monoisotopic (exact) mass is 281 g/mol. The van der Waals surface area contributed by atoms with Crippen LogP contribution in [0.15, 0.2) is 22.7 Å². The Labute approximate surface area is 115 Å². The molecule has 0 bridgehead atoms. The van der Waals surface area contributed by atoms with Crippen molar-refractivity contribution in [2.24, 2.45) is 0 Å². The fourth-order valence-electron chi connectivity index (χ4n) is 2.24. The summed E-state index contributed by atoms with van der Waals surface area (Å²) < 4.78 is 18.3. The normalized spacial score (nSPS) is 19.6. The van der Waals surface area contributed by atoms with Crippen LogP contribution in [0.25, 0.3) is 11.4 Å². The summed E-state index contributed by atoms with van der Waals surface area (Å²) in [5.74, 6) is 0.885. The molecule has 2 heterocycles. The van der Waals surface area contributed by atoms with Crippen molar-refractivity contribution in [2.75, 3.05) is 13.1 Å². The Balaban J connectivity index is 1.87. The molecule has 1 atom stereocenters. The highest BCUT2D eigenvalue weighted by molar-refractivity contribution is 6.33. The van der Waals surface area contributed by atoms with E-state index in [1.54, 1.807) is 6.07 Å². The lowest BCUT2D eigenvalue weighted by molar-refractivity contribution is 0.322. The van der Waals surface area contributed by atoms with E-state index in [-0.39, 0.29) is 16.8 Å². The lowest BCUT2D eigenvalue weighted by Gasteiger charge is -2.18. The summed E-state index contributed by atoms with van der Waals surface area (Å²) in [6.07, 6.45) is 2.13. The topological polar surface area (TPSA) is 51.0 Å². The highest BCUT2D eigenvalue weighted by Gasteiger charge is 2.22. The fraction of sp³-hybridized carbons (Fsp3) is 0.385. The molecule has 1 aliphatic rings. The van der Waals surface area contributed by atoms with Crippen molar-refractivity contribution in [3.63, 3.8) is 0 Å². The molecule has 1 N–H and O–H groups in total. The highest BCUT2D eigenvalue weighted by atomic mass is 35.5. The first-order chi connectivity index (χ1) is 9.24. The van der Waals surface area contributed by atoms with Gasteiger partial charge in [0, 0.05) is 12.1 Å². The average molecular weight is 282 g/mol. The van der Waals surface area contributed by atoms with Crippen molar-refractivity contribution < 1.29 is 8.91 Å². The quantitative estimate of drug-likeness (QED) is 0.919. The minimum absolute atomic E-state index is 0.245. The van der Waals surface area contributed by atoms with E-state index >= 15 is 0 Å². The number of aromatic nitrogens is 2. The predicted octanol–water partition coefficient (Wildman–Crippen LogP) is 3.00. The van der Waals surface area contributed by atoms with Crippen molar-refractivity contribution >= 4 is 11.6 Å². The van der Waals surface area contributed by atoms with Gasteiger partial charge in [0.2, 0.25) is 11.7 Å². The zero-order valence-corrected chi connectivity index (χ0v) is 11.0. The molecule has 0 saturated carbocycles. The second-order valence-corrected chi connectivity index (χ2v) is 5.03. The maximum Gasteiger partial charge on any atom is 0.231 e. The van der Waals surface area contributed by atoms with Crippen LogP contribution in [0.5, 0.6) is 0 Å². The highest BCUT2D eigenvalue weighted by Crippen LogP contribution is 2.28. The summed E-state index contributed by atoms with van der Waals surface area (Å²) >= 11 is 5.99. The first-order valence-corrected chi connectivity index (χ1v) is 6.61. The van der Waals surface area contributed by atoms with Gasteiger partial charge in [-0.3, -0.25) is 0 Å². The van der Waals surface area contributed by atoms with Gasteiger partial charge in [-0.05, 0) is 37.6 Å². The van der Waals surface area contributed by atoms with Crippen LogP contribution in [-0.2, 0) is 0 Å². The smallest absolute Gasteiger partial charge is 0.231 e. The Morgan fingerprint density at radius 3 is 3.05 bits per heavy atom. The van der Waals surface area contributed by atoms with Crippen LogP contribution in [0.4, 0.5) is 4.39 Å². The van der Waals surface area contributed by atoms with Crippen LogP contribution < -0.4 is 5.32 Å². The summed E-state index contributed by atoms with van der Waals surface area (Å²) in [5, 5.41) is 7.52. The molecular weight excluding hydrogens is 269 g/mol. The third-order valence-electron chi connectivity index (χ3n) is 3.26. The van der Waals surface area contributed by atoms with Crippen molar-refractivity contribution in [1.29, 1.82) is 0 Å². The van der Waals surface area contributed by atoms with Crippen LogP contribution in [-0.4, -0.2) is 23.2 Å². The summed E-state index contributed by atoms with van der Waals surface area (Å²) in [7, 11) is 0. The summed E-state index contributed by atoms with van der Waals surface area (Å²) in [6.45, 7) is 1.88. The van der Waals surface area contributed by atoms with E-state index in [4.69, 9.17) is 16.1 Å². The lowest BCUT2D eigenvalue weighted by Crippen LogP contribution is -2.28. The Morgan fingerprint density at radius 2 is 2.32 bits per heavy atom. The number of nitrogens with one attached hydrogen (secondary N) is 1. The number of rotatable bonds is 2. The third kappa shape index (κ3) is 2.62. The van der Waals surface area contributed by atoms with Gasteiger partial charge in [0.25, 0.3) is 0 Å². The summed E-state index contributed by atoms with van der Waals surface area (Å²) in [6, 6.07) is 4.14. The SMILES string of the molecule is Fc1ccc(-c2noc([C@@H]3CCCNC3)n2)c(Cl)c1. The minimum Gasteiger partial charge on any atom is -0.339 e. The molecule has 19 heavy (non-hydrogen) atoms. The van der Waals surface area contributed by atoms with Crippen molar-refractivity contribution in [1.82, 2.24) is 15.5 Å². The number of nitrogens with zero attached hydrogens (tertiary/aromatic N) is 2. The molecule has 0 spiro atoms. The number of benzene rings is 1. The molecular formula is C13H13ClFN3O. The maximum atomic E-state index is 13.0. The molecule has 0 amide bonds. The first-order valence-electron chi connectivity index (χ1n) is 6.24. The zero-order chi connectivity index (χ0) is 13.2. The van der Waals surface area contributed by atoms with Gasteiger partial charge in [0.1, 0.15) is 5.82 Å². The number of piperidine rings is 1. The molecule has 100 valence electrons. The maximum absolute atomic E-state index is 13.0. The number of hydrogen-bond acceptors (Lipinski definition) is 4. The molecule has 0 aliphatic carbocycles. The molecule has 3 rings (SSSR count). The van der Waals surface area contributed by atoms with Gasteiger partial charge in [0.15, 0.2) is 0 Å². The van der Waals surface area contributed by atoms with Crippen molar-refractivity contribution in [2.45, 2.75) is 18.8 Å². The Kier molecular flexibility index (Phi) is 3.48. The molecule has 1 aromatic heterocycles. The zero-order valence-electron chi connectivity index (χ0n) is 10.2. The van der Waals surface area contributed by atoms with Gasteiger partial charge in [-0.2, -0.15) is 4.98 Å². The molecule has 1 aromatic carbocycles. The van der Waals surface area contributed by atoms with Crippen molar-refractivity contribution in [3.05, 3.63) is 34.9 Å². The van der Waals surface area contributed by atoms with Crippen LogP contribution in [0.1, 0.15) is 24.7 Å². The second kappa shape index (κ2) is 5.27. The molecule has 0 radical (unpaired) electrons. The summed E-state index contributed by atoms with van der Waals surface area (Å²) in [4.78, 5) is 4.37. The Hall–Kier alpha value is -1.46. The molecule has 0 unspecified atom stereocenters. The Morgan fingerprint density at radius 1 is 1.42 bits per heavy atom. The first kappa shape index (κ1) is 12.6. The molecule has 1 saturated heterocycles. The molecule has 1 aliphatic heterocycles. The molecule has 1 fully saturated rings. The average Bonchev–Trinajstić information content (AvgIpc) is 2.89. The minimum atomic E-state index is -0.381. The van der Waals surface area contributed by atoms with Crippen LogP contribution >= 0.6 is 11.6 Å². The predicted molar refractivity (Wildman–Crippen MR) is 69.5 cm³/mol. The van der Waals surface area contributed by atoms with E-state index < -0.39 is 0 Å². The van der Waals surface area contributed by atoms with E-state index in [1.165, 1.54) is 12.1 Å². The largest absolute Gasteiger partial charge is 0.339 e. The van der Waals surface area contributed by atoms with Gasteiger partial charge in [-0.1, -0.05) is 16.8 Å². The van der Waals surface area contributed by atoms with E-state index in [0.717, 1.165) is 25.9 Å². The van der Waals surface area contributed by atoms with E-state index in [0.29, 0.717) is 17.3 Å². The van der Waals surface area contributed by atoms with E-state index in [2.05, 4.69) is 15.5 Å². The van der Waals surface area contributed by atoms with Gasteiger partial charge < -0.3 is 9.84 Å². The van der Waals surface area contributed by atoms with Crippen LogP contribution in [0.2, 0.25) is 5.02 Å². The fourth-order valence-corrected chi connectivity index (χ4v) is 2.50. The second-order valence-electron chi connectivity index (χ2n) is 4.62. The van der Waals surface area contributed by atoms with Gasteiger partial charge in [-0.25, -0.2) is 4.39 Å². The van der Waals surface area contributed by atoms with Crippen molar-refractivity contribution in [3.8, 4) is 11.4 Å². The van der Waals surface area contributed by atoms with E-state index in [9.17, 15) is 4.39 Å². The third-order valence-corrected chi connectivity index (χ3v) is 3.57. The molecule has 6 heteroatoms. The summed E-state index contributed by atoms with van der Waals surface area (Å²) in [5.41, 5.74) is 0.585.